The number of hydrogen-bond acceptors (Lipinski definition) is 5. The molecule has 0 radical (unpaired) electrons. The van der Waals surface area contributed by atoms with E-state index in [0.29, 0.717) is 24.6 Å². The van der Waals surface area contributed by atoms with Crippen LogP contribution in [0.4, 0.5) is 0 Å². The average molecular weight is 274 g/mol. The van der Waals surface area contributed by atoms with Crippen LogP contribution < -0.4 is 14.8 Å². The third kappa shape index (κ3) is 2.59. The third-order valence-electron chi connectivity index (χ3n) is 2.91. The van der Waals surface area contributed by atoms with Crippen molar-refractivity contribution in [2.24, 2.45) is 0 Å². The number of rotatable bonds is 3. The average Bonchev–Trinajstić information content (AvgIpc) is 2.91. The monoisotopic (exact) mass is 274 g/mol. The molecule has 1 aromatic heterocycles. The number of carbonyl (C=O) groups excluding carboxylic acids is 1. The molecule has 2 heterocycles. The number of para-hydroxylation sites is 2. The first kappa shape index (κ1) is 12.5. The Hall–Kier alpha value is -2.50. The molecule has 0 aliphatic carbocycles. The van der Waals surface area contributed by atoms with Crippen LogP contribution in [-0.4, -0.2) is 30.3 Å². The molecule has 0 fully saturated rings. The molecular formula is C14H14N2O4. The van der Waals surface area contributed by atoms with Crippen LogP contribution in [0.15, 0.2) is 34.9 Å². The van der Waals surface area contributed by atoms with E-state index in [0.717, 1.165) is 5.75 Å². The maximum atomic E-state index is 11.8. The van der Waals surface area contributed by atoms with Crippen LogP contribution in [0.25, 0.3) is 0 Å². The smallest absolute Gasteiger partial charge is 0.290 e. The highest BCUT2D eigenvalue weighted by Crippen LogP contribution is 2.30. The Morgan fingerprint density at radius 1 is 1.40 bits per heavy atom. The number of amides is 1. The number of nitrogens with one attached hydrogen (secondary N) is 1. The van der Waals surface area contributed by atoms with Crippen molar-refractivity contribution in [2.75, 3.05) is 13.2 Å². The van der Waals surface area contributed by atoms with Crippen molar-refractivity contribution >= 4 is 5.91 Å². The summed E-state index contributed by atoms with van der Waals surface area (Å²) in [6.45, 7) is 2.49. The fraction of sp³-hybridized carbons (Fsp3) is 0.286. The summed E-state index contributed by atoms with van der Waals surface area (Å²) < 4.78 is 16.2. The van der Waals surface area contributed by atoms with Gasteiger partial charge in [-0.05, 0) is 19.1 Å². The molecule has 1 aliphatic heterocycles. The summed E-state index contributed by atoms with van der Waals surface area (Å²) in [6.07, 6.45) is -0.224. The Kier molecular flexibility index (Phi) is 3.28. The van der Waals surface area contributed by atoms with Gasteiger partial charge in [0.25, 0.3) is 5.91 Å². The van der Waals surface area contributed by atoms with E-state index in [1.807, 2.05) is 24.3 Å². The van der Waals surface area contributed by atoms with Gasteiger partial charge >= 0.3 is 0 Å². The van der Waals surface area contributed by atoms with Gasteiger partial charge in [-0.2, -0.15) is 0 Å². The minimum Gasteiger partial charge on any atom is -0.486 e. The second-order valence-corrected chi connectivity index (χ2v) is 4.54. The third-order valence-corrected chi connectivity index (χ3v) is 2.91. The highest BCUT2D eigenvalue weighted by molar-refractivity contribution is 5.91. The number of carbonyl (C=O) groups is 1. The predicted molar refractivity (Wildman–Crippen MR) is 69.9 cm³/mol. The molecule has 0 bridgehead atoms. The molecule has 1 aromatic carbocycles. The van der Waals surface area contributed by atoms with E-state index in [2.05, 4.69) is 10.5 Å². The first-order valence-electron chi connectivity index (χ1n) is 6.32. The van der Waals surface area contributed by atoms with Crippen molar-refractivity contribution in [3.8, 4) is 11.5 Å². The molecule has 104 valence electrons. The van der Waals surface area contributed by atoms with Gasteiger partial charge in [0, 0.05) is 6.07 Å². The maximum Gasteiger partial charge on any atom is 0.290 e. The highest BCUT2D eigenvalue weighted by atomic mass is 16.6. The first-order valence-corrected chi connectivity index (χ1v) is 6.32. The number of hydrogen-bond donors (Lipinski definition) is 1. The Balaban J connectivity index is 1.56. The van der Waals surface area contributed by atoms with Gasteiger partial charge in [0.1, 0.15) is 12.7 Å². The molecule has 3 rings (SSSR count). The van der Waals surface area contributed by atoms with Gasteiger partial charge in [-0.15, -0.1) is 0 Å². The lowest BCUT2D eigenvalue weighted by atomic mass is 10.2. The molecule has 1 unspecified atom stereocenters. The summed E-state index contributed by atoms with van der Waals surface area (Å²) in [5.74, 6) is 1.29. The van der Waals surface area contributed by atoms with Crippen molar-refractivity contribution < 1.29 is 18.8 Å². The second kappa shape index (κ2) is 5.24. The molecule has 6 nitrogen and oxygen atoms in total. The number of aromatic nitrogens is 1. The minimum atomic E-state index is -0.312. The molecular weight excluding hydrogens is 260 g/mol. The van der Waals surface area contributed by atoms with Gasteiger partial charge in [-0.1, -0.05) is 17.3 Å². The summed E-state index contributed by atoms with van der Waals surface area (Å²) in [7, 11) is 0. The standard InChI is InChI=1S/C14H14N2O4/c1-9-6-13(20-16-9)14(17)15-7-10-8-18-11-4-2-3-5-12(11)19-10/h2-6,10H,7-8H2,1H3,(H,15,17). The summed E-state index contributed by atoms with van der Waals surface area (Å²) in [5, 5.41) is 6.41. The van der Waals surface area contributed by atoms with Gasteiger partial charge in [-0.3, -0.25) is 4.79 Å². The van der Waals surface area contributed by atoms with Crippen LogP contribution in [0.1, 0.15) is 16.2 Å². The van der Waals surface area contributed by atoms with E-state index >= 15 is 0 Å². The fourth-order valence-electron chi connectivity index (χ4n) is 1.93. The summed E-state index contributed by atoms with van der Waals surface area (Å²) >= 11 is 0. The summed E-state index contributed by atoms with van der Waals surface area (Å²) in [5.41, 5.74) is 0.668. The first-order chi connectivity index (χ1) is 9.72. The Labute approximate surface area is 115 Å². The van der Waals surface area contributed by atoms with E-state index in [1.54, 1.807) is 13.0 Å². The Morgan fingerprint density at radius 2 is 2.20 bits per heavy atom. The van der Waals surface area contributed by atoms with Gasteiger partial charge in [0.05, 0.1) is 12.2 Å². The molecule has 0 spiro atoms. The number of fused-ring (bicyclic) bond motifs is 1. The zero-order valence-electron chi connectivity index (χ0n) is 11.0. The SMILES string of the molecule is Cc1cc(C(=O)NCC2COc3ccccc3O2)on1. The Bertz CT molecular complexity index is 623. The van der Waals surface area contributed by atoms with E-state index in [4.69, 9.17) is 14.0 Å². The van der Waals surface area contributed by atoms with E-state index in [-0.39, 0.29) is 17.8 Å². The topological polar surface area (TPSA) is 73.6 Å². The van der Waals surface area contributed by atoms with E-state index < -0.39 is 0 Å². The fourth-order valence-corrected chi connectivity index (χ4v) is 1.93. The summed E-state index contributed by atoms with van der Waals surface area (Å²) in [4.78, 5) is 11.8. The Morgan fingerprint density at radius 3 is 2.95 bits per heavy atom. The van der Waals surface area contributed by atoms with Crippen molar-refractivity contribution in [2.45, 2.75) is 13.0 Å². The van der Waals surface area contributed by atoms with E-state index in [9.17, 15) is 4.79 Å². The van der Waals surface area contributed by atoms with Crippen LogP contribution in [0, 0.1) is 6.92 Å². The quantitative estimate of drug-likeness (QED) is 0.919. The van der Waals surface area contributed by atoms with Gasteiger partial charge < -0.3 is 19.3 Å². The molecule has 6 heteroatoms. The zero-order chi connectivity index (χ0) is 13.9. The summed E-state index contributed by atoms with van der Waals surface area (Å²) in [6, 6.07) is 9.03. The van der Waals surface area contributed by atoms with Crippen LogP contribution in [0.5, 0.6) is 11.5 Å². The zero-order valence-corrected chi connectivity index (χ0v) is 11.0. The van der Waals surface area contributed by atoms with Crippen LogP contribution in [-0.2, 0) is 0 Å². The van der Waals surface area contributed by atoms with Crippen molar-refractivity contribution in [3.63, 3.8) is 0 Å². The normalized spacial score (nSPS) is 16.8. The maximum absolute atomic E-state index is 11.8. The van der Waals surface area contributed by atoms with Crippen LogP contribution in [0.2, 0.25) is 0 Å². The lowest BCUT2D eigenvalue weighted by Crippen LogP contribution is -2.40. The molecule has 20 heavy (non-hydrogen) atoms. The lowest BCUT2D eigenvalue weighted by Gasteiger charge is -2.26. The molecule has 1 atom stereocenters. The molecule has 0 saturated carbocycles. The van der Waals surface area contributed by atoms with Gasteiger partial charge in [0.2, 0.25) is 5.76 Å². The molecule has 1 amide bonds. The van der Waals surface area contributed by atoms with Crippen LogP contribution >= 0.6 is 0 Å². The minimum absolute atomic E-state index is 0.194. The van der Waals surface area contributed by atoms with Crippen molar-refractivity contribution in [1.29, 1.82) is 0 Å². The van der Waals surface area contributed by atoms with Crippen molar-refractivity contribution in [3.05, 3.63) is 41.8 Å². The highest BCUT2D eigenvalue weighted by Gasteiger charge is 2.22. The van der Waals surface area contributed by atoms with Gasteiger partial charge in [-0.25, -0.2) is 0 Å². The molecule has 1 N–H and O–H groups in total. The number of nitrogens with zero attached hydrogens (tertiary/aromatic N) is 1. The predicted octanol–water partition coefficient (Wildman–Crippen LogP) is 1.55. The number of aryl methyl sites for hydroxylation is 1. The molecule has 0 saturated heterocycles. The van der Waals surface area contributed by atoms with Crippen molar-refractivity contribution in [1.82, 2.24) is 10.5 Å². The number of benzene rings is 1. The van der Waals surface area contributed by atoms with Gasteiger partial charge in [0.15, 0.2) is 11.5 Å². The lowest BCUT2D eigenvalue weighted by molar-refractivity contribution is 0.0768. The molecule has 1 aliphatic rings. The van der Waals surface area contributed by atoms with E-state index in [1.165, 1.54) is 0 Å². The second-order valence-electron chi connectivity index (χ2n) is 4.54. The number of ether oxygens (including phenoxy) is 2. The molecule has 2 aromatic rings. The van der Waals surface area contributed by atoms with Crippen LogP contribution in [0.3, 0.4) is 0 Å². The largest absolute Gasteiger partial charge is 0.486 e.